The first kappa shape index (κ1) is 11.2. The average molecular weight is 254 g/mol. The Morgan fingerprint density at radius 3 is 2.81 bits per heavy atom. The van der Waals surface area contributed by atoms with E-state index in [1.54, 1.807) is 6.20 Å². The molecule has 0 atom stereocenters. The summed E-state index contributed by atoms with van der Waals surface area (Å²) < 4.78 is 1.90. The van der Waals surface area contributed by atoms with Crippen LogP contribution in [0.3, 0.4) is 0 Å². The molecule has 0 unspecified atom stereocenters. The topological polar surface area (TPSA) is 22.0 Å². The zero-order valence-electron chi connectivity index (χ0n) is 8.36. The Morgan fingerprint density at radius 1 is 1.38 bits per heavy atom. The maximum atomic E-state index is 10.9. The van der Waals surface area contributed by atoms with Crippen LogP contribution in [0.1, 0.15) is 10.4 Å². The van der Waals surface area contributed by atoms with Gasteiger partial charge in [-0.2, -0.15) is 0 Å². The molecule has 2 aromatic rings. The van der Waals surface area contributed by atoms with Crippen LogP contribution in [0, 0.1) is 0 Å². The molecule has 1 heterocycles. The van der Waals surface area contributed by atoms with Crippen molar-refractivity contribution in [3.05, 3.63) is 46.6 Å². The highest BCUT2D eigenvalue weighted by atomic mass is 35.5. The predicted molar refractivity (Wildman–Crippen MR) is 67.1 cm³/mol. The first-order valence-corrected chi connectivity index (χ1v) is 5.55. The van der Waals surface area contributed by atoms with Crippen molar-refractivity contribution in [1.29, 1.82) is 0 Å². The van der Waals surface area contributed by atoms with Crippen molar-refractivity contribution in [3.8, 4) is 0 Å². The maximum Gasteiger partial charge on any atom is 0.152 e. The molecule has 0 N–H and O–H groups in total. The standard InChI is InChI=1S/C12H9Cl2NO/c13-5-10(14)7-15-6-9(8-16)11-3-1-2-4-12(11)15/h1-6,8H,7H2. The highest BCUT2D eigenvalue weighted by Crippen LogP contribution is 2.21. The molecule has 0 spiro atoms. The van der Waals surface area contributed by atoms with Crippen molar-refractivity contribution in [2.24, 2.45) is 0 Å². The molecule has 0 aliphatic carbocycles. The van der Waals surface area contributed by atoms with Crippen molar-refractivity contribution < 1.29 is 4.79 Å². The number of hydrogen-bond acceptors (Lipinski definition) is 1. The monoisotopic (exact) mass is 253 g/mol. The number of para-hydroxylation sites is 1. The number of allylic oxidation sites excluding steroid dienone is 1. The smallest absolute Gasteiger partial charge is 0.152 e. The molecule has 4 heteroatoms. The van der Waals surface area contributed by atoms with E-state index in [4.69, 9.17) is 23.2 Å². The summed E-state index contributed by atoms with van der Waals surface area (Å²) in [6, 6.07) is 7.68. The number of fused-ring (bicyclic) bond motifs is 1. The molecular weight excluding hydrogens is 245 g/mol. The fraction of sp³-hybridized carbons (Fsp3) is 0.0833. The van der Waals surface area contributed by atoms with E-state index >= 15 is 0 Å². The summed E-state index contributed by atoms with van der Waals surface area (Å²) in [5.41, 5.74) is 2.97. The van der Waals surface area contributed by atoms with Gasteiger partial charge in [-0.25, -0.2) is 0 Å². The minimum atomic E-state index is 0.472. The second-order valence-corrected chi connectivity index (χ2v) is 4.11. The van der Waals surface area contributed by atoms with Gasteiger partial charge in [0.15, 0.2) is 6.29 Å². The van der Waals surface area contributed by atoms with Gasteiger partial charge in [0, 0.05) is 33.2 Å². The van der Waals surface area contributed by atoms with Gasteiger partial charge in [-0.05, 0) is 6.07 Å². The third-order valence-electron chi connectivity index (χ3n) is 2.39. The highest BCUT2D eigenvalue weighted by molar-refractivity contribution is 6.36. The Morgan fingerprint density at radius 2 is 2.12 bits per heavy atom. The van der Waals surface area contributed by atoms with E-state index in [2.05, 4.69) is 0 Å². The quantitative estimate of drug-likeness (QED) is 0.764. The molecule has 0 bridgehead atoms. The summed E-state index contributed by atoms with van der Waals surface area (Å²) in [5, 5.41) is 1.46. The van der Waals surface area contributed by atoms with Crippen LogP contribution in [0.2, 0.25) is 0 Å². The van der Waals surface area contributed by atoms with Crippen LogP contribution in [0.25, 0.3) is 10.9 Å². The Bertz CT molecular complexity index is 557. The van der Waals surface area contributed by atoms with Crippen molar-refractivity contribution in [2.45, 2.75) is 6.54 Å². The number of halogens is 2. The minimum absolute atomic E-state index is 0.472. The molecule has 0 aliphatic rings. The summed E-state index contributed by atoms with van der Waals surface area (Å²) in [4.78, 5) is 10.9. The molecule has 1 aromatic carbocycles. The van der Waals surface area contributed by atoms with Gasteiger partial charge in [-0.15, -0.1) is 0 Å². The second kappa shape index (κ2) is 4.73. The SMILES string of the molecule is O=Cc1cn(CC(Cl)=CCl)c2ccccc12. The summed E-state index contributed by atoms with van der Waals surface area (Å²) in [7, 11) is 0. The van der Waals surface area contributed by atoms with E-state index in [9.17, 15) is 4.79 Å². The molecule has 0 radical (unpaired) electrons. The number of aromatic nitrogens is 1. The molecule has 1 aromatic heterocycles. The molecule has 0 amide bonds. The molecule has 0 saturated heterocycles. The number of rotatable bonds is 3. The first-order valence-electron chi connectivity index (χ1n) is 4.74. The zero-order valence-corrected chi connectivity index (χ0v) is 9.87. The second-order valence-electron chi connectivity index (χ2n) is 3.40. The van der Waals surface area contributed by atoms with Crippen LogP contribution in [-0.2, 0) is 6.54 Å². The van der Waals surface area contributed by atoms with Crippen LogP contribution in [0.5, 0.6) is 0 Å². The Kier molecular flexibility index (Phi) is 3.32. The summed E-state index contributed by atoms with van der Waals surface area (Å²) >= 11 is 11.4. The van der Waals surface area contributed by atoms with Crippen molar-refractivity contribution in [2.75, 3.05) is 0 Å². The first-order chi connectivity index (χ1) is 7.76. The number of hydrogen-bond donors (Lipinski definition) is 0. The van der Waals surface area contributed by atoms with Crippen LogP contribution in [-0.4, -0.2) is 10.9 Å². The minimum Gasteiger partial charge on any atom is -0.341 e. The molecular formula is C12H9Cl2NO. The van der Waals surface area contributed by atoms with Gasteiger partial charge in [0.2, 0.25) is 0 Å². The van der Waals surface area contributed by atoms with E-state index in [0.717, 1.165) is 17.2 Å². The van der Waals surface area contributed by atoms with Gasteiger partial charge in [0.1, 0.15) is 0 Å². The van der Waals surface area contributed by atoms with E-state index in [1.165, 1.54) is 5.54 Å². The predicted octanol–water partition coefficient (Wildman–Crippen LogP) is 3.77. The molecule has 2 nitrogen and oxygen atoms in total. The van der Waals surface area contributed by atoms with E-state index in [1.807, 2.05) is 28.8 Å². The lowest BCUT2D eigenvalue weighted by Gasteiger charge is -2.02. The highest BCUT2D eigenvalue weighted by Gasteiger charge is 2.07. The third kappa shape index (κ3) is 1.99. The Hall–Kier alpha value is -1.25. The van der Waals surface area contributed by atoms with Crippen LogP contribution in [0.4, 0.5) is 0 Å². The summed E-state index contributed by atoms with van der Waals surface area (Å²) in [6.45, 7) is 0.472. The van der Waals surface area contributed by atoms with Gasteiger partial charge in [-0.1, -0.05) is 41.4 Å². The van der Waals surface area contributed by atoms with Gasteiger partial charge < -0.3 is 4.57 Å². The summed E-state index contributed by atoms with van der Waals surface area (Å²) in [5.74, 6) is 0. The number of aldehydes is 1. The van der Waals surface area contributed by atoms with Crippen LogP contribution >= 0.6 is 23.2 Å². The van der Waals surface area contributed by atoms with Crippen molar-refractivity contribution in [3.63, 3.8) is 0 Å². The molecule has 0 saturated carbocycles. The number of carbonyl (C=O) groups excluding carboxylic acids is 1. The zero-order chi connectivity index (χ0) is 11.5. The van der Waals surface area contributed by atoms with Crippen molar-refractivity contribution in [1.82, 2.24) is 4.57 Å². The van der Waals surface area contributed by atoms with Gasteiger partial charge in [-0.3, -0.25) is 4.79 Å². The Labute approximate surface area is 103 Å². The van der Waals surface area contributed by atoms with Gasteiger partial charge in [0.25, 0.3) is 0 Å². The fourth-order valence-electron chi connectivity index (χ4n) is 1.70. The maximum absolute atomic E-state index is 10.9. The third-order valence-corrected chi connectivity index (χ3v) is 2.99. The van der Waals surface area contributed by atoms with E-state index in [0.29, 0.717) is 17.1 Å². The molecule has 0 aliphatic heterocycles. The molecule has 0 fully saturated rings. The van der Waals surface area contributed by atoms with Gasteiger partial charge >= 0.3 is 0 Å². The molecule has 82 valence electrons. The van der Waals surface area contributed by atoms with Crippen LogP contribution < -0.4 is 0 Å². The van der Waals surface area contributed by atoms with E-state index in [-0.39, 0.29) is 0 Å². The number of benzene rings is 1. The molecule has 2 rings (SSSR count). The lowest BCUT2D eigenvalue weighted by Crippen LogP contribution is -1.95. The van der Waals surface area contributed by atoms with Gasteiger partial charge in [0.05, 0.1) is 6.54 Å². The van der Waals surface area contributed by atoms with Crippen LogP contribution in [0.15, 0.2) is 41.0 Å². The number of nitrogens with zero attached hydrogens (tertiary/aromatic N) is 1. The lowest BCUT2D eigenvalue weighted by atomic mass is 10.2. The largest absolute Gasteiger partial charge is 0.341 e. The fourth-order valence-corrected chi connectivity index (χ4v) is 1.89. The summed E-state index contributed by atoms with van der Waals surface area (Å²) in [6.07, 6.45) is 2.62. The Balaban J connectivity index is 2.57. The number of carbonyl (C=O) groups is 1. The lowest BCUT2D eigenvalue weighted by molar-refractivity contribution is 0.112. The molecule has 16 heavy (non-hydrogen) atoms. The van der Waals surface area contributed by atoms with E-state index < -0.39 is 0 Å². The average Bonchev–Trinajstić information content (AvgIpc) is 2.68. The normalized spacial score (nSPS) is 12.0. The van der Waals surface area contributed by atoms with Crippen molar-refractivity contribution >= 4 is 40.4 Å².